The lowest BCUT2D eigenvalue weighted by molar-refractivity contribution is 0.148. The molecule has 1 heterocycles. The van der Waals surface area contributed by atoms with E-state index in [4.69, 9.17) is 11.0 Å². The number of ether oxygens (including phenoxy) is 1. The first kappa shape index (κ1) is 8.93. The van der Waals surface area contributed by atoms with E-state index < -0.39 is 6.09 Å². The summed E-state index contributed by atoms with van der Waals surface area (Å²) in [5.74, 6) is 0.0329. The van der Waals surface area contributed by atoms with Gasteiger partial charge in [-0.2, -0.15) is 5.26 Å². The first-order chi connectivity index (χ1) is 6.22. The largest absolute Gasteiger partial charge is 0.443 e. The summed E-state index contributed by atoms with van der Waals surface area (Å²) in [7, 11) is 0. The molecule has 0 aliphatic carbocycles. The smallest absolute Gasteiger partial charge is 0.404 e. The molecule has 1 rings (SSSR count). The zero-order chi connectivity index (χ0) is 9.68. The van der Waals surface area contributed by atoms with Crippen molar-refractivity contribution in [3.63, 3.8) is 0 Å². The van der Waals surface area contributed by atoms with Crippen LogP contribution in [-0.4, -0.2) is 16.1 Å². The molecule has 0 spiro atoms. The predicted molar refractivity (Wildman–Crippen MR) is 41.1 cm³/mol. The highest BCUT2D eigenvalue weighted by atomic mass is 16.5. The molecule has 0 atom stereocenters. The Labute approximate surface area is 74.0 Å². The van der Waals surface area contributed by atoms with Gasteiger partial charge in [0.1, 0.15) is 12.7 Å². The van der Waals surface area contributed by atoms with Gasteiger partial charge in [-0.3, -0.25) is 0 Å². The Balaban J connectivity index is 2.68. The molecule has 0 saturated carbocycles. The standard InChI is InChI=1S/C7H6N4O2/c8-3-6-10-2-1-5(11-6)4-13-7(9)12/h1-2H,4H2,(H2,9,12). The predicted octanol–water partition coefficient (Wildman–Crippen LogP) is -0.0564. The number of aromatic nitrogens is 2. The van der Waals surface area contributed by atoms with Gasteiger partial charge in [0, 0.05) is 6.20 Å². The second kappa shape index (κ2) is 4.01. The minimum absolute atomic E-state index is 0.0329. The second-order valence-electron chi connectivity index (χ2n) is 2.09. The van der Waals surface area contributed by atoms with E-state index in [9.17, 15) is 4.79 Å². The molecule has 66 valence electrons. The van der Waals surface area contributed by atoms with E-state index in [-0.39, 0.29) is 12.4 Å². The minimum Gasteiger partial charge on any atom is -0.443 e. The van der Waals surface area contributed by atoms with Crippen molar-refractivity contribution in [1.29, 1.82) is 5.26 Å². The van der Waals surface area contributed by atoms with Gasteiger partial charge < -0.3 is 10.5 Å². The molecule has 1 aromatic heterocycles. The molecule has 0 saturated heterocycles. The molecule has 6 heteroatoms. The van der Waals surface area contributed by atoms with E-state index in [2.05, 4.69) is 14.7 Å². The number of carbonyl (C=O) groups excluding carboxylic acids is 1. The van der Waals surface area contributed by atoms with Crippen LogP contribution in [0.25, 0.3) is 0 Å². The second-order valence-corrected chi connectivity index (χ2v) is 2.09. The van der Waals surface area contributed by atoms with E-state index in [0.717, 1.165) is 0 Å². The van der Waals surface area contributed by atoms with Crippen molar-refractivity contribution in [1.82, 2.24) is 9.97 Å². The fourth-order valence-electron chi connectivity index (χ4n) is 0.675. The molecule has 0 fully saturated rings. The Kier molecular flexibility index (Phi) is 2.76. The molecule has 2 N–H and O–H groups in total. The molecule has 0 aromatic carbocycles. The van der Waals surface area contributed by atoms with Gasteiger partial charge in [0.15, 0.2) is 0 Å². The molecule has 0 unspecified atom stereocenters. The monoisotopic (exact) mass is 178 g/mol. The van der Waals surface area contributed by atoms with Gasteiger partial charge in [0.05, 0.1) is 5.69 Å². The van der Waals surface area contributed by atoms with Gasteiger partial charge in [-0.15, -0.1) is 0 Å². The summed E-state index contributed by atoms with van der Waals surface area (Å²) in [6.45, 7) is -0.0491. The van der Waals surface area contributed by atoms with E-state index in [0.29, 0.717) is 5.69 Å². The summed E-state index contributed by atoms with van der Waals surface area (Å²) in [5.41, 5.74) is 5.18. The van der Waals surface area contributed by atoms with Crippen molar-refractivity contribution in [2.24, 2.45) is 5.73 Å². The summed E-state index contributed by atoms with van der Waals surface area (Å²) in [5, 5.41) is 8.43. The summed E-state index contributed by atoms with van der Waals surface area (Å²) in [6.07, 6.45) is 0.530. The van der Waals surface area contributed by atoms with Crippen molar-refractivity contribution < 1.29 is 9.53 Å². The van der Waals surface area contributed by atoms with E-state index in [1.54, 1.807) is 6.07 Å². The van der Waals surface area contributed by atoms with Gasteiger partial charge in [-0.1, -0.05) is 0 Å². The number of primary amides is 1. The fourth-order valence-corrected chi connectivity index (χ4v) is 0.675. The van der Waals surface area contributed by atoms with Crippen LogP contribution in [0.1, 0.15) is 11.5 Å². The van der Waals surface area contributed by atoms with Crippen molar-refractivity contribution in [2.45, 2.75) is 6.61 Å². The van der Waals surface area contributed by atoms with Gasteiger partial charge in [-0.05, 0) is 6.07 Å². The van der Waals surface area contributed by atoms with Gasteiger partial charge in [0.25, 0.3) is 0 Å². The minimum atomic E-state index is -0.878. The number of nitriles is 1. The Morgan fingerprint density at radius 3 is 3.15 bits per heavy atom. The maximum Gasteiger partial charge on any atom is 0.404 e. The summed E-state index contributed by atoms with van der Waals surface area (Å²) >= 11 is 0. The Morgan fingerprint density at radius 1 is 1.77 bits per heavy atom. The fraction of sp³-hybridized carbons (Fsp3) is 0.143. The molecule has 1 amide bonds. The third kappa shape index (κ3) is 2.75. The number of hydrogen-bond acceptors (Lipinski definition) is 5. The average molecular weight is 178 g/mol. The number of nitrogens with zero attached hydrogens (tertiary/aromatic N) is 3. The van der Waals surface area contributed by atoms with Gasteiger partial charge in [-0.25, -0.2) is 14.8 Å². The normalized spacial score (nSPS) is 8.85. The molecule has 0 aliphatic heterocycles. The third-order valence-corrected chi connectivity index (χ3v) is 1.18. The third-order valence-electron chi connectivity index (χ3n) is 1.18. The molecule has 13 heavy (non-hydrogen) atoms. The zero-order valence-electron chi connectivity index (χ0n) is 6.60. The van der Waals surface area contributed by atoms with Crippen LogP contribution in [0.2, 0.25) is 0 Å². The quantitative estimate of drug-likeness (QED) is 0.683. The van der Waals surface area contributed by atoms with Crippen molar-refractivity contribution in [3.05, 3.63) is 23.8 Å². The molecule has 6 nitrogen and oxygen atoms in total. The maximum absolute atomic E-state index is 10.2. The lowest BCUT2D eigenvalue weighted by atomic mass is 10.4. The zero-order valence-corrected chi connectivity index (χ0v) is 6.60. The van der Waals surface area contributed by atoms with Crippen LogP contribution < -0.4 is 5.73 Å². The highest BCUT2D eigenvalue weighted by molar-refractivity contribution is 5.64. The van der Waals surface area contributed by atoms with E-state index in [1.165, 1.54) is 12.3 Å². The van der Waals surface area contributed by atoms with E-state index >= 15 is 0 Å². The number of nitrogens with two attached hydrogens (primary N) is 1. The Hall–Kier alpha value is -2.16. The van der Waals surface area contributed by atoms with Gasteiger partial charge >= 0.3 is 6.09 Å². The molecular formula is C7H6N4O2. The topological polar surface area (TPSA) is 102 Å². The maximum atomic E-state index is 10.2. The lowest BCUT2D eigenvalue weighted by Gasteiger charge is -1.99. The highest BCUT2D eigenvalue weighted by Crippen LogP contribution is 1.96. The van der Waals surface area contributed by atoms with Gasteiger partial charge in [0.2, 0.25) is 5.82 Å². The Morgan fingerprint density at radius 2 is 2.54 bits per heavy atom. The Bertz CT molecular complexity index is 358. The highest BCUT2D eigenvalue weighted by Gasteiger charge is 2.00. The number of carbonyl (C=O) groups is 1. The summed E-state index contributed by atoms with van der Waals surface area (Å²) in [6, 6.07) is 3.29. The molecular weight excluding hydrogens is 172 g/mol. The first-order valence-corrected chi connectivity index (χ1v) is 3.36. The molecule has 1 aromatic rings. The summed E-state index contributed by atoms with van der Waals surface area (Å²) < 4.78 is 4.47. The molecule has 0 bridgehead atoms. The summed E-state index contributed by atoms with van der Waals surface area (Å²) in [4.78, 5) is 17.6. The van der Waals surface area contributed by atoms with Crippen LogP contribution in [0, 0.1) is 11.3 Å². The first-order valence-electron chi connectivity index (χ1n) is 3.36. The number of amides is 1. The van der Waals surface area contributed by atoms with Crippen LogP contribution >= 0.6 is 0 Å². The van der Waals surface area contributed by atoms with Crippen LogP contribution in [0.3, 0.4) is 0 Å². The van der Waals surface area contributed by atoms with Crippen LogP contribution in [0.5, 0.6) is 0 Å². The SMILES string of the molecule is N#Cc1nccc(COC(N)=O)n1. The van der Waals surface area contributed by atoms with Crippen molar-refractivity contribution in [3.8, 4) is 6.07 Å². The molecule has 0 radical (unpaired) electrons. The molecule has 0 aliphatic rings. The average Bonchev–Trinajstić information content (AvgIpc) is 2.15. The number of rotatable bonds is 2. The van der Waals surface area contributed by atoms with Crippen LogP contribution in [-0.2, 0) is 11.3 Å². The van der Waals surface area contributed by atoms with Crippen molar-refractivity contribution >= 4 is 6.09 Å². The van der Waals surface area contributed by atoms with Crippen molar-refractivity contribution in [2.75, 3.05) is 0 Å². The van der Waals surface area contributed by atoms with Crippen LogP contribution in [0.15, 0.2) is 12.3 Å². The van der Waals surface area contributed by atoms with E-state index in [1.807, 2.05) is 0 Å². The number of hydrogen-bond donors (Lipinski definition) is 1. The lowest BCUT2D eigenvalue weighted by Crippen LogP contribution is -2.13. The van der Waals surface area contributed by atoms with Crippen LogP contribution in [0.4, 0.5) is 4.79 Å².